The van der Waals surface area contributed by atoms with Crippen molar-refractivity contribution in [3.05, 3.63) is 51.2 Å². The minimum Gasteiger partial charge on any atom is -0.382 e. The number of benzene rings is 1. The first-order chi connectivity index (χ1) is 10.9. The van der Waals surface area contributed by atoms with Crippen LogP contribution in [0.1, 0.15) is 17.4 Å². The second-order valence-corrected chi connectivity index (χ2v) is 5.61. The molecule has 0 bridgehead atoms. The van der Waals surface area contributed by atoms with Crippen molar-refractivity contribution in [1.82, 2.24) is 19.7 Å². The van der Waals surface area contributed by atoms with Crippen molar-refractivity contribution in [2.24, 2.45) is 7.05 Å². The molecule has 0 aliphatic heterocycles. The molecule has 0 saturated heterocycles. The van der Waals surface area contributed by atoms with Crippen molar-refractivity contribution < 1.29 is 9.53 Å². The molecule has 0 aliphatic carbocycles. The van der Waals surface area contributed by atoms with Crippen molar-refractivity contribution in [1.29, 1.82) is 0 Å². The Hall–Kier alpha value is -2.12. The Labute approximate surface area is 138 Å². The van der Waals surface area contributed by atoms with Crippen molar-refractivity contribution in [3.63, 3.8) is 0 Å². The molecule has 1 aromatic carbocycles. The van der Waals surface area contributed by atoms with Gasteiger partial charge in [0.05, 0.1) is 12.6 Å². The third kappa shape index (κ3) is 4.20. The predicted molar refractivity (Wildman–Crippen MR) is 86.4 cm³/mol. The zero-order chi connectivity index (χ0) is 17.0. The lowest BCUT2D eigenvalue weighted by Crippen LogP contribution is -2.36. The largest absolute Gasteiger partial charge is 0.382 e. The van der Waals surface area contributed by atoms with Crippen LogP contribution in [0.15, 0.2) is 29.1 Å². The number of halogens is 1. The maximum atomic E-state index is 12.2. The van der Waals surface area contributed by atoms with Gasteiger partial charge in [-0.15, -0.1) is 0 Å². The van der Waals surface area contributed by atoms with Crippen LogP contribution in [0.25, 0.3) is 0 Å². The molecule has 124 valence electrons. The number of hydrogen-bond donors (Lipinski definition) is 1. The Kier molecular flexibility index (Phi) is 5.57. The normalized spacial score (nSPS) is 12.2. The monoisotopic (exact) mass is 338 g/mol. The van der Waals surface area contributed by atoms with Gasteiger partial charge in [0, 0.05) is 19.2 Å². The van der Waals surface area contributed by atoms with Crippen LogP contribution in [0.4, 0.5) is 0 Å². The van der Waals surface area contributed by atoms with Gasteiger partial charge in [0.25, 0.3) is 0 Å². The van der Waals surface area contributed by atoms with Crippen LogP contribution in [-0.2, 0) is 23.1 Å². The fraction of sp³-hybridized carbons (Fsp3) is 0.400. The maximum Gasteiger partial charge on any atom is 0.346 e. The van der Waals surface area contributed by atoms with Gasteiger partial charge in [-0.2, -0.15) is 5.10 Å². The number of aryl methyl sites for hydroxylation is 1. The average molecular weight is 339 g/mol. The van der Waals surface area contributed by atoms with Gasteiger partial charge in [0.2, 0.25) is 5.91 Å². The molecular formula is C15H19ClN4O3. The second-order valence-electron chi connectivity index (χ2n) is 5.18. The number of hydrogen-bond acceptors (Lipinski definition) is 4. The summed E-state index contributed by atoms with van der Waals surface area (Å²) < 4.78 is 7.67. The summed E-state index contributed by atoms with van der Waals surface area (Å²) in [6.07, 6.45) is 0. The van der Waals surface area contributed by atoms with Crippen molar-refractivity contribution in [3.8, 4) is 0 Å². The number of ether oxygens (including phenoxy) is 1. The van der Waals surface area contributed by atoms with Gasteiger partial charge in [-0.1, -0.05) is 23.7 Å². The van der Waals surface area contributed by atoms with E-state index in [4.69, 9.17) is 16.3 Å². The second kappa shape index (κ2) is 7.43. The highest BCUT2D eigenvalue weighted by Crippen LogP contribution is 2.18. The first kappa shape index (κ1) is 17.2. The maximum absolute atomic E-state index is 12.2. The number of carbonyl (C=O) groups is 1. The molecule has 1 heterocycles. The van der Waals surface area contributed by atoms with Gasteiger partial charge in [-0.3, -0.25) is 9.36 Å². The Morgan fingerprint density at radius 3 is 2.78 bits per heavy atom. The number of nitrogens with zero attached hydrogens (tertiary/aromatic N) is 3. The highest BCUT2D eigenvalue weighted by molar-refractivity contribution is 6.30. The van der Waals surface area contributed by atoms with Crippen molar-refractivity contribution in [2.75, 3.05) is 13.7 Å². The quantitative estimate of drug-likeness (QED) is 0.854. The minimum atomic E-state index is -0.355. The van der Waals surface area contributed by atoms with E-state index in [1.807, 2.05) is 6.07 Å². The lowest BCUT2D eigenvalue weighted by molar-refractivity contribution is -0.123. The zero-order valence-corrected chi connectivity index (χ0v) is 14.0. The van der Waals surface area contributed by atoms with Crippen LogP contribution in [0.2, 0.25) is 5.02 Å². The smallest absolute Gasteiger partial charge is 0.346 e. The van der Waals surface area contributed by atoms with Crippen LogP contribution in [-0.4, -0.2) is 34.0 Å². The molecule has 23 heavy (non-hydrogen) atoms. The van der Waals surface area contributed by atoms with E-state index in [0.717, 1.165) is 10.2 Å². The summed E-state index contributed by atoms with van der Waals surface area (Å²) in [7, 11) is 3.16. The first-order valence-corrected chi connectivity index (χ1v) is 7.44. The lowest BCUT2D eigenvalue weighted by Gasteiger charge is -2.18. The lowest BCUT2D eigenvalue weighted by atomic mass is 10.1. The molecule has 1 aromatic heterocycles. The van der Waals surface area contributed by atoms with E-state index in [2.05, 4.69) is 10.4 Å². The van der Waals surface area contributed by atoms with Gasteiger partial charge >= 0.3 is 5.69 Å². The number of amides is 1. The third-order valence-electron chi connectivity index (χ3n) is 3.47. The van der Waals surface area contributed by atoms with Crippen LogP contribution < -0.4 is 11.0 Å². The molecule has 0 fully saturated rings. The predicted octanol–water partition coefficient (Wildman–Crippen LogP) is 1.05. The van der Waals surface area contributed by atoms with Gasteiger partial charge < -0.3 is 10.1 Å². The fourth-order valence-corrected chi connectivity index (χ4v) is 2.39. The van der Waals surface area contributed by atoms with E-state index in [1.54, 1.807) is 39.3 Å². The van der Waals surface area contributed by atoms with E-state index in [9.17, 15) is 9.59 Å². The number of nitrogens with one attached hydrogen (secondary N) is 1. The molecule has 7 nitrogen and oxygen atoms in total. The van der Waals surface area contributed by atoms with Gasteiger partial charge in [-0.05, 0) is 24.6 Å². The van der Waals surface area contributed by atoms with E-state index in [-0.39, 0.29) is 24.2 Å². The van der Waals surface area contributed by atoms with E-state index in [1.165, 1.54) is 4.57 Å². The molecule has 0 aliphatic rings. The van der Waals surface area contributed by atoms with E-state index in [0.29, 0.717) is 17.5 Å². The molecule has 0 spiro atoms. The van der Waals surface area contributed by atoms with Crippen molar-refractivity contribution >= 4 is 17.5 Å². The Morgan fingerprint density at radius 1 is 1.48 bits per heavy atom. The number of rotatable bonds is 6. The van der Waals surface area contributed by atoms with E-state index < -0.39 is 0 Å². The summed E-state index contributed by atoms with van der Waals surface area (Å²) in [4.78, 5) is 24.1. The molecule has 2 rings (SSSR count). The Balaban J connectivity index is 2.12. The molecule has 1 amide bonds. The third-order valence-corrected chi connectivity index (χ3v) is 3.71. The van der Waals surface area contributed by atoms with Crippen LogP contribution in [0.5, 0.6) is 0 Å². The number of methoxy groups -OCH3 is 1. The highest BCUT2D eigenvalue weighted by Gasteiger charge is 2.17. The first-order valence-electron chi connectivity index (χ1n) is 7.06. The van der Waals surface area contributed by atoms with Crippen LogP contribution in [0, 0.1) is 6.92 Å². The van der Waals surface area contributed by atoms with Crippen LogP contribution in [0.3, 0.4) is 0 Å². The molecule has 1 N–H and O–H groups in total. The summed E-state index contributed by atoms with van der Waals surface area (Å²) >= 11 is 5.98. The zero-order valence-electron chi connectivity index (χ0n) is 13.2. The topological polar surface area (TPSA) is 78.2 Å². The van der Waals surface area contributed by atoms with Gasteiger partial charge in [0.15, 0.2) is 0 Å². The Morgan fingerprint density at radius 2 is 2.22 bits per heavy atom. The van der Waals surface area contributed by atoms with Gasteiger partial charge in [0.1, 0.15) is 12.4 Å². The SMILES string of the molecule is COCC(NC(=O)Cn1nc(C)n(C)c1=O)c1cccc(Cl)c1. The summed E-state index contributed by atoms with van der Waals surface area (Å²) in [5, 5.41) is 7.46. The Bertz CT molecular complexity index is 753. The molecular weight excluding hydrogens is 320 g/mol. The van der Waals surface area contributed by atoms with Gasteiger partial charge in [-0.25, -0.2) is 9.48 Å². The molecule has 0 saturated carbocycles. The average Bonchev–Trinajstić information content (AvgIpc) is 2.74. The van der Waals surface area contributed by atoms with Crippen LogP contribution >= 0.6 is 11.6 Å². The standard InChI is InChI=1S/C15H19ClN4O3/c1-10-18-20(15(22)19(10)2)8-14(21)17-13(9-23-3)11-5-4-6-12(16)7-11/h4-7,13H,8-9H2,1-3H3,(H,17,21). The number of aromatic nitrogens is 3. The highest BCUT2D eigenvalue weighted by atomic mass is 35.5. The summed E-state index contributed by atoms with van der Waals surface area (Å²) in [5.41, 5.74) is 0.501. The molecule has 1 atom stereocenters. The van der Waals surface area contributed by atoms with E-state index >= 15 is 0 Å². The van der Waals surface area contributed by atoms with Crippen molar-refractivity contribution in [2.45, 2.75) is 19.5 Å². The molecule has 1 unspecified atom stereocenters. The molecule has 8 heteroatoms. The minimum absolute atomic E-state index is 0.151. The fourth-order valence-electron chi connectivity index (χ4n) is 2.19. The summed E-state index contributed by atoms with van der Waals surface area (Å²) in [6.45, 7) is 1.85. The molecule has 2 aromatic rings. The summed E-state index contributed by atoms with van der Waals surface area (Å²) in [6, 6.07) is 6.83. The summed E-state index contributed by atoms with van der Waals surface area (Å²) in [5.74, 6) is 0.221. The number of carbonyl (C=O) groups excluding carboxylic acids is 1. The molecule has 0 radical (unpaired) electrons.